The fourth-order valence-electron chi connectivity index (χ4n) is 1.89. The van der Waals surface area contributed by atoms with Gasteiger partial charge in [0.25, 0.3) is 0 Å². The molecule has 2 aromatic rings. The summed E-state index contributed by atoms with van der Waals surface area (Å²) in [7, 11) is 1.56. The van der Waals surface area contributed by atoms with Gasteiger partial charge in [-0.15, -0.1) is 0 Å². The van der Waals surface area contributed by atoms with E-state index in [1.807, 2.05) is 6.92 Å². The van der Waals surface area contributed by atoms with Crippen LogP contribution in [0.25, 0.3) is 0 Å². The van der Waals surface area contributed by atoms with Crippen LogP contribution in [0, 0.1) is 12.7 Å². The van der Waals surface area contributed by atoms with Crippen LogP contribution in [-0.2, 0) is 0 Å². The number of anilines is 1. The normalized spacial score (nSPS) is 10.3. The molecule has 0 fully saturated rings. The Labute approximate surface area is 110 Å². The van der Waals surface area contributed by atoms with Crippen molar-refractivity contribution in [1.29, 1.82) is 0 Å². The molecule has 98 valence electrons. The minimum atomic E-state index is -0.613. The number of rotatable bonds is 3. The van der Waals surface area contributed by atoms with Crippen molar-refractivity contribution in [3.63, 3.8) is 0 Å². The van der Waals surface area contributed by atoms with E-state index in [1.165, 1.54) is 12.1 Å². The number of hydrogen-bond donors (Lipinski definition) is 1. The third kappa shape index (κ3) is 2.57. The lowest BCUT2D eigenvalue weighted by Crippen LogP contribution is -2.05. The van der Waals surface area contributed by atoms with E-state index in [-0.39, 0.29) is 11.3 Å². The molecule has 2 N–H and O–H groups in total. The third-order valence-corrected chi connectivity index (χ3v) is 2.89. The molecule has 0 atom stereocenters. The second kappa shape index (κ2) is 5.10. The minimum absolute atomic E-state index is 0.0127. The van der Waals surface area contributed by atoms with Crippen LogP contribution in [0.15, 0.2) is 36.4 Å². The number of nitrogen functional groups attached to an aromatic ring is 1. The van der Waals surface area contributed by atoms with E-state index >= 15 is 0 Å². The Kier molecular flexibility index (Phi) is 3.51. The maximum atomic E-state index is 13.7. The number of carbonyl (C=O) groups excluding carboxylic acids is 1. The van der Waals surface area contributed by atoms with Crippen LogP contribution < -0.4 is 10.5 Å². The quantitative estimate of drug-likeness (QED) is 0.681. The Hall–Kier alpha value is -2.36. The molecule has 4 heteroatoms. The van der Waals surface area contributed by atoms with Crippen molar-refractivity contribution in [2.45, 2.75) is 6.92 Å². The molecule has 0 aliphatic carbocycles. The summed E-state index contributed by atoms with van der Waals surface area (Å²) in [6.45, 7) is 1.83. The molecule has 0 aliphatic rings. The highest BCUT2D eigenvalue weighted by Gasteiger charge is 2.15. The van der Waals surface area contributed by atoms with E-state index in [4.69, 9.17) is 10.5 Å². The third-order valence-electron chi connectivity index (χ3n) is 2.89. The van der Waals surface area contributed by atoms with Gasteiger partial charge in [0.15, 0.2) is 5.78 Å². The van der Waals surface area contributed by atoms with Gasteiger partial charge in [-0.1, -0.05) is 0 Å². The number of benzene rings is 2. The molecule has 0 aliphatic heterocycles. The lowest BCUT2D eigenvalue weighted by atomic mass is 10.0. The van der Waals surface area contributed by atoms with Crippen LogP contribution in [-0.4, -0.2) is 12.9 Å². The summed E-state index contributed by atoms with van der Waals surface area (Å²) in [6.07, 6.45) is 0. The standard InChI is InChI=1S/C15H14FNO2/c1-9-7-10(3-6-14(9)19-2)15(18)12-5-4-11(17)8-13(12)16/h3-8H,17H2,1-2H3. The van der Waals surface area contributed by atoms with E-state index in [0.29, 0.717) is 17.0 Å². The van der Waals surface area contributed by atoms with E-state index in [9.17, 15) is 9.18 Å². The Morgan fingerprint density at radius 3 is 2.53 bits per heavy atom. The molecule has 0 aromatic heterocycles. The number of aryl methyl sites for hydroxylation is 1. The zero-order chi connectivity index (χ0) is 14.0. The summed E-state index contributed by atoms with van der Waals surface area (Å²) in [6, 6.07) is 9.03. The molecule has 0 saturated carbocycles. The maximum absolute atomic E-state index is 13.7. The largest absolute Gasteiger partial charge is 0.496 e. The summed E-state index contributed by atoms with van der Waals surface area (Å²) in [4.78, 5) is 12.2. The van der Waals surface area contributed by atoms with Crippen molar-refractivity contribution in [2.75, 3.05) is 12.8 Å². The molecule has 0 bridgehead atoms. The van der Waals surface area contributed by atoms with Crippen LogP contribution >= 0.6 is 0 Å². The molecule has 19 heavy (non-hydrogen) atoms. The number of halogens is 1. The van der Waals surface area contributed by atoms with Gasteiger partial charge in [-0.25, -0.2) is 4.39 Å². The monoisotopic (exact) mass is 259 g/mol. The van der Waals surface area contributed by atoms with Gasteiger partial charge in [-0.3, -0.25) is 4.79 Å². The first-order valence-electron chi connectivity index (χ1n) is 5.77. The summed E-state index contributed by atoms with van der Waals surface area (Å²) < 4.78 is 18.8. The fraction of sp³-hybridized carbons (Fsp3) is 0.133. The van der Waals surface area contributed by atoms with Crippen LogP contribution in [0.4, 0.5) is 10.1 Å². The van der Waals surface area contributed by atoms with Gasteiger partial charge in [0.2, 0.25) is 0 Å². The number of hydrogen-bond acceptors (Lipinski definition) is 3. The fourth-order valence-corrected chi connectivity index (χ4v) is 1.89. The summed E-state index contributed by atoms with van der Waals surface area (Å²) in [5.41, 5.74) is 7.01. The predicted octanol–water partition coefficient (Wildman–Crippen LogP) is 2.96. The molecular weight excluding hydrogens is 245 g/mol. The second-order valence-electron chi connectivity index (χ2n) is 4.25. The summed E-state index contributed by atoms with van der Waals surface area (Å²) >= 11 is 0. The van der Waals surface area contributed by atoms with Gasteiger partial charge in [0.1, 0.15) is 11.6 Å². The number of methoxy groups -OCH3 is 1. The Bertz CT molecular complexity index is 638. The summed E-state index contributed by atoms with van der Waals surface area (Å²) in [5, 5.41) is 0. The number of carbonyl (C=O) groups is 1. The van der Waals surface area contributed by atoms with Crippen LogP contribution in [0.2, 0.25) is 0 Å². The Balaban J connectivity index is 2.41. The molecule has 0 saturated heterocycles. The lowest BCUT2D eigenvalue weighted by Gasteiger charge is -2.07. The highest BCUT2D eigenvalue weighted by atomic mass is 19.1. The van der Waals surface area contributed by atoms with Gasteiger partial charge in [0.05, 0.1) is 12.7 Å². The Morgan fingerprint density at radius 1 is 1.21 bits per heavy atom. The van der Waals surface area contributed by atoms with Crippen LogP contribution in [0.5, 0.6) is 5.75 Å². The predicted molar refractivity (Wildman–Crippen MR) is 72.0 cm³/mol. The highest BCUT2D eigenvalue weighted by Crippen LogP contribution is 2.22. The molecule has 2 aromatic carbocycles. The van der Waals surface area contributed by atoms with Crippen molar-refractivity contribution in [2.24, 2.45) is 0 Å². The minimum Gasteiger partial charge on any atom is -0.496 e. The SMILES string of the molecule is COc1ccc(C(=O)c2ccc(N)cc2F)cc1C. The second-order valence-corrected chi connectivity index (χ2v) is 4.25. The topological polar surface area (TPSA) is 52.3 Å². The highest BCUT2D eigenvalue weighted by molar-refractivity contribution is 6.09. The van der Waals surface area contributed by atoms with Crippen molar-refractivity contribution in [1.82, 2.24) is 0 Å². The Morgan fingerprint density at radius 2 is 1.95 bits per heavy atom. The van der Waals surface area contributed by atoms with Gasteiger partial charge in [-0.2, -0.15) is 0 Å². The van der Waals surface area contributed by atoms with Gasteiger partial charge < -0.3 is 10.5 Å². The zero-order valence-electron chi connectivity index (χ0n) is 10.7. The molecule has 0 unspecified atom stereocenters. The van der Waals surface area contributed by atoms with Crippen molar-refractivity contribution in [3.05, 3.63) is 58.9 Å². The smallest absolute Gasteiger partial charge is 0.195 e. The zero-order valence-corrected chi connectivity index (χ0v) is 10.7. The van der Waals surface area contributed by atoms with Crippen LogP contribution in [0.3, 0.4) is 0 Å². The molecule has 0 radical (unpaired) electrons. The molecule has 0 amide bonds. The average molecular weight is 259 g/mol. The first kappa shape index (κ1) is 13.1. The molecule has 0 heterocycles. The number of ether oxygens (including phenoxy) is 1. The first-order valence-corrected chi connectivity index (χ1v) is 5.77. The van der Waals surface area contributed by atoms with Crippen molar-refractivity contribution in [3.8, 4) is 5.75 Å². The molecule has 0 spiro atoms. The number of ketones is 1. The lowest BCUT2D eigenvalue weighted by molar-refractivity contribution is 0.103. The summed E-state index contributed by atoms with van der Waals surface area (Å²) in [5.74, 6) is -0.295. The van der Waals surface area contributed by atoms with E-state index in [2.05, 4.69) is 0 Å². The molecular formula is C15H14FNO2. The van der Waals surface area contributed by atoms with Gasteiger partial charge in [0, 0.05) is 11.3 Å². The number of nitrogens with two attached hydrogens (primary N) is 1. The van der Waals surface area contributed by atoms with Gasteiger partial charge >= 0.3 is 0 Å². The van der Waals surface area contributed by atoms with E-state index < -0.39 is 5.82 Å². The van der Waals surface area contributed by atoms with Crippen molar-refractivity contribution >= 4 is 11.5 Å². The van der Waals surface area contributed by atoms with Gasteiger partial charge in [-0.05, 0) is 48.9 Å². The van der Waals surface area contributed by atoms with E-state index in [0.717, 1.165) is 11.6 Å². The average Bonchev–Trinajstić information content (AvgIpc) is 2.38. The molecule has 3 nitrogen and oxygen atoms in total. The van der Waals surface area contributed by atoms with E-state index in [1.54, 1.807) is 25.3 Å². The first-order chi connectivity index (χ1) is 9.02. The molecule has 2 rings (SSSR count). The maximum Gasteiger partial charge on any atom is 0.195 e. The van der Waals surface area contributed by atoms with Crippen molar-refractivity contribution < 1.29 is 13.9 Å². The van der Waals surface area contributed by atoms with Crippen LogP contribution in [0.1, 0.15) is 21.5 Å².